The number of nitrogens with two attached hydrogens (primary N) is 3. The van der Waals surface area contributed by atoms with Gasteiger partial charge in [0.25, 0.3) is 0 Å². The molecule has 0 spiro atoms. The molecule has 122 valence electrons. The van der Waals surface area contributed by atoms with E-state index in [4.69, 9.17) is 26.7 Å². The Morgan fingerprint density at radius 3 is 2.12 bits per heavy atom. The Labute approximate surface area is 140 Å². The maximum Gasteiger partial charge on any atom is 0.142 e. The molecule has 0 saturated carbocycles. The number of para-hydroxylation sites is 1. The van der Waals surface area contributed by atoms with Crippen molar-refractivity contribution in [2.24, 2.45) is 0 Å². The fourth-order valence-electron chi connectivity index (χ4n) is 2.47. The van der Waals surface area contributed by atoms with Crippen molar-refractivity contribution in [2.45, 2.75) is 0 Å². The molecule has 3 aromatic carbocycles. The van der Waals surface area contributed by atoms with Crippen LogP contribution in [0.3, 0.4) is 0 Å². The van der Waals surface area contributed by atoms with E-state index in [1.54, 1.807) is 25.3 Å². The van der Waals surface area contributed by atoms with Gasteiger partial charge in [-0.2, -0.15) is 0 Å². The molecule has 5 nitrogen and oxygen atoms in total. The van der Waals surface area contributed by atoms with E-state index in [9.17, 15) is 0 Å². The van der Waals surface area contributed by atoms with Crippen molar-refractivity contribution < 1.29 is 9.47 Å². The van der Waals surface area contributed by atoms with Gasteiger partial charge in [-0.05, 0) is 48.5 Å². The molecular formula is C19H19N3O2. The van der Waals surface area contributed by atoms with Gasteiger partial charge < -0.3 is 26.7 Å². The highest BCUT2D eigenvalue weighted by Gasteiger charge is 2.13. The third-order valence-corrected chi connectivity index (χ3v) is 3.69. The van der Waals surface area contributed by atoms with Crippen LogP contribution in [0.2, 0.25) is 0 Å². The van der Waals surface area contributed by atoms with E-state index >= 15 is 0 Å². The highest BCUT2D eigenvalue weighted by atomic mass is 16.5. The molecule has 0 aliphatic carbocycles. The Kier molecular flexibility index (Phi) is 4.16. The molecule has 0 aliphatic rings. The first-order valence-corrected chi connectivity index (χ1v) is 7.44. The van der Waals surface area contributed by atoms with Crippen LogP contribution in [0.5, 0.6) is 17.2 Å². The quantitative estimate of drug-likeness (QED) is 0.633. The number of hydrogen-bond acceptors (Lipinski definition) is 5. The first kappa shape index (κ1) is 15.6. The smallest absolute Gasteiger partial charge is 0.142 e. The van der Waals surface area contributed by atoms with Gasteiger partial charge in [0, 0.05) is 22.5 Å². The fourth-order valence-corrected chi connectivity index (χ4v) is 2.47. The fraction of sp³-hybridized carbons (Fsp3) is 0.0526. The van der Waals surface area contributed by atoms with Crippen LogP contribution in [-0.4, -0.2) is 7.11 Å². The van der Waals surface area contributed by atoms with Gasteiger partial charge in [0.2, 0.25) is 0 Å². The van der Waals surface area contributed by atoms with E-state index in [2.05, 4.69) is 0 Å². The summed E-state index contributed by atoms with van der Waals surface area (Å²) in [6, 6.07) is 18.2. The maximum atomic E-state index is 6.22. The summed E-state index contributed by atoms with van der Waals surface area (Å²) in [6.07, 6.45) is 0. The van der Waals surface area contributed by atoms with E-state index in [-0.39, 0.29) is 0 Å². The van der Waals surface area contributed by atoms with E-state index in [0.29, 0.717) is 34.3 Å². The lowest BCUT2D eigenvalue weighted by molar-refractivity contribution is 0.417. The number of benzene rings is 3. The van der Waals surface area contributed by atoms with Crippen LogP contribution in [0.4, 0.5) is 17.1 Å². The molecule has 0 amide bonds. The highest BCUT2D eigenvalue weighted by molar-refractivity contribution is 5.85. The summed E-state index contributed by atoms with van der Waals surface area (Å²) in [4.78, 5) is 0. The van der Waals surface area contributed by atoms with E-state index in [0.717, 1.165) is 11.1 Å². The molecule has 0 fully saturated rings. The third-order valence-electron chi connectivity index (χ3n) is 3.69. The molecule has 24 heavy (non-hydrogen) atoms. The molecule has 0 unspecified atom stereocenters. The van der Waals surface area contributed by atoms with Gasteiger partial charge in [0.05, 0.1) is 12.8 Å². The lowest BCUT2D eigenvalue weighted by atomic mass is 10.0. The second kappa shape index (κ2) is 6.42. The zero-order chi connectivity index (χ0) is 17.1. The molecule has 0 bridgehead atoms. The summed E-state index contributed by atoms with van der Waals surface area (Å²) in [5.74, 6) is 1.93. The van der Waals surface area contributed by atoms with Gasteiger partial charge in [-0.15, -0.1) is 0 Å². The maximum absolute atomic E-state index is 6.22. The second-order valence-corrected chi connectivity index (χ2v) is 5.35. The Bertz CT molecular complexity index is 861. The predicted octanol–water partition coefficient (Wildman–Crippen LogP) is 3.90. The number of ether oxygens (including phenoxy) is 2. The molecule has 5 heteroatoms. The summed E-state index contributed by atoms with van der Waals surface area (Å²) in [5.41, 5.74) is 21.3. The van der Waals surface area contributed by atoms with Crippen molar-refractivity contribution in [3.8, 4) is 28.4 Å². The normalized spacial score (nSPS) is 10.4. The Morgan fingerprint density at radius 1 is 0.708 bits per heavy atom. The largest absolute Gasteiger partial charge is 0.495 e. The molecule has 6 N–H and O–H groups in total. The summed E-state index contributed by atoms with van der Waals surface area (Å²) in [6.45, 7) is 0. The Balaban J connectivity index is 2.08. The topological polar surface area (TPSA) is 96.5 Å². The van der Waals surface area contributed by atoms with E-state index in [1.807, 2.05) is 42.5 Å². The predicted molar refractivity (Wildman–Crippen MR) is 98.2 cm³/mol. The number of anilines is 3. The minimum Gasteiger partial charge on any atom is -0.495 e. The van der Waals surface area contributed by atoms with Gasteiger partial charge in [-0.25, -0.2) is 0 Å². The van der Waals surface area contributed by atoms with E-state index in [1.165, 1.54) is 0 Å². The zero-order valence-electron chi connectivity index (χ0n) is 13.3. The number of nitrogen functional groups attached to an aromatic ring is 3. The van der Waals surface area contributed by atoms with Crippen LogP contribution in [0.1, 0.15) is 0 Å². The van der Waals surface area contributed by atoms with Crippen LogP contribution in [0.15, 0.2) is 60.7 Å². The standard InChI is InChI=1S/C19H19N3O2/c1-23-18-4-2-3-15(19(18)22)16-11-13(21)7-10-17(16)24-14-8-5-12(20)6-9-14/h2-11H,20-22H2,1H3. The molecule has 0 heterocycles. The molecule has 0 atom stereocenters. The van der Waals surface area contributed by atoms with Crippen molar-refractivity contribution >= 4 is 17.1 Å². The van der Waals surface area contributed by atoms with Gasteiger partial charge in [-0.3, -0.25) is 0 Å². The Morgan fingerprint density at radius 2 is 1.42 bits per heavy atom. The lowest BCUT2D eigenvalue weighted by Gasteiger charge is -2.15. The Hall–Kier alpha value is -3.34. The summed E-state index contributed by atoms with van der Waals surface area (Å²) >= 11 is 0. The van der Waals surface area contributed by atoms with Crippen molar-refractivity contribution in [3.63, 3.8) is 0 Å². The third kappa shape index (κ3) is 3.05. The average Bonchev–Trinajstić information content (AvgIpc) is 2.59. The molecule has 0 aromatic heterocycles. The lowest BCUT2D eigenvalue weighted by Crippen LogP contribution is -1.97. The number of hydrogen-bond donors (Lipinski definition) is 3. The molecule has 3 aromatic rings. The first-order valence-electron chi connectivity index (χ1n) is 7.44. The summed E-state index contributed by atoms with van der Waals surface area (Å²) < 4.78 is 11.3. The number of methoxy groups -OCH3 is 1. The minimum absolute atomic E-state index is 0.535. The molecule has 3 rings (SSSR count). The van der Waals surface area contributed by atoms with Crippen molar-refractivity contribution in [1.82, 2.24) is 0 Å². The highest BCUT2D eigenvalue weighted by Crippen LogP contribution is 2.40. The van der Waals surface area contributed by atoms with Gasteiger partial charge in [0.1, 0.15) is 17.2 Å². The minimum atomic E-state index is 0.535. The van der Waals surface area contributed by atoms with Gasteiger partial charge >= 0.3 is 0 Å². The zero-order valence-corrected chi connectivity index (χ0v) is 13.3. The van der Waals surface area contributed by atoms with Crippen LogP contribution in [-0.2, 0) is 0 Å². The number of rotatable bonds is 4. The second-order valence-electron chi connectivity index (χ2n) is 5.35. The van der Waals surface area contributed by atoms with Crippen molar-refractivity contribution in [2.75, 3.05) is 24.3 Å². The molecule has 0 saturated heterocycles. The van der Waals surface area contributed by atoms with Crippen molar-refractivity contribution in [3.05, 3.63) is 60.7 Å². The van der Waals surface area contributed by atoms with Crippen LogP contribution < -0.4 is 26.7 Å². The monoisotopic (exact) mass is 321 g/mol. The first-order chi connectivity index (χ1) is 11.6. The molecule has 0 radical (unpaired) electrons. The molecular weight excluding hydrogens is 302 g/mol. The van der Waals surface area contributed by atoms with Crippen LogP contribution in [0, 0.1) is 0 Å². The SMILES string of the molecule is COc1cccc(-c2cc(N)ccc2Oc2ccc(N)cc2)c1N. The van der Waals surface area contributed by atoms with Crippen LogP contribution >= 0.6 is 0 Å². The summed E-state index contributed by atoms with van der Waals surface area (Å²) in [5, 5.41) is 0. The average molecular weight is 321 g/mol. The molecule has 0 aliphatic heterocycles. The van der Waals surface area contributed by atoms with E-state index < -0.39 is 0 Å². The van der Waals surface area contributed by atoms with Crippen molar-refractivity contribution in [1.29, 1.82) is 0 Å². The van der Waals surface area contributed by atoms with Crippen LogP contribution in [0.25, 0.3) is 11.1 Å². The summed E-state index contributed by atoms with van der Waals surface area (Å²) in [7, 11) is 1.58. The van der Waals surface area contributed by atoms with Gasteiger partial charge in [0.15, 0.2) is 0 Å². The van der Waals surface area contributed by atoms with Gasteiger partial charge in [-0.1, -0.05) is 12.1 Å².